The maximum atomic E-state index is 12.0. The molecule has 0 aliphatic rings. The Bertz CT molecular complexity index is 514. The van der Waals surface area contributed by atoms with E-state index in [9.17, 15) is 4.79 Å². The summed E-state index contributed by atoms with van der Waals surface area (Å²) < 4.78 is 0. The van der Waals surface area contributed by atoms with Crippen LogP contribution in [0.5, 0.6) is 0 Å². The molecule has 1 unspecified atom stereocenters. The normalized spacial score (nSPS) is 12.6. The lowest BCUT2D eigenvalue weighted by atomic mass is 10.1. The lowest BCUT2D eigenvalue weighted by Crippen LogP contribution is -2.39. The van der Waals surface area contributed by atoms with Crippen molar-refractivity contribution >= 4 is 16.8 Å². The number of H-pyrrole nitrogens is 1. The quantitative estimate of drug-likeness (QED) is 0.748. The summed E-state index contributed by atoms with van der Waals surface area (Å²) in [6.07, 6.45) is 2.70. The average Bonchev–Trinajstić information content (AvgIpc) is 2.82. The molecule has 1 aromatic heterocycles. The molecule has 0 aliphatic carbocycles. The van der Waals surface area contributed by atoms with Gasteiger partial charge in [-0.3, -0.25) is 4.79 Å². The van der Waals surface area contributed by atoms with Gasteiger partial charge in [0.25, 0.3) is 5.91 Å². The van der Waals surface area contributed by atoms with Crippen molar-refractivity contribution in [3.05, 3.63) is 36.0 Å². The first-order chi connectivity index (χ1) is 8.24. The van der Waals surface area contributed by atoms with Crippen LogP contribution in [0.15, 0.2) is 30.5 Å². The molecule has 1 aromatic carbocycles. The van der Waals surface area contributed by atoms with Crippen LogP contribution in [0.25, 0.3) is 10.9 Å². The summed E-state index contributed by atoms with van der Waals surface area (Å²) in [6, 6.07) is 7.60. The summed E-state index contributed by atoms with van der Waals surface area (Å²) in [5.41, 5.74) is 7.27. The second-order valence-corrected chi connectivity index (χ2v) is 4.09. The van der Waals surface area contributed by atoms with E-state index in [-0.39, 0.29) is 11.9 Å². The number of hydrogen-bond acceptors (Lipinski definition) is 2. The van der Waals surface area contributed by atoms with Crippen LogP contribution in [0.1, 0.15) is 23.7 Å². The van der Waals surface area contributed by atoms with Crippen molar-refractivity contribution in [2.75, 3.05) is 6.54 Å². The van der Waals surface area contributed by atoms with Gasteiger partial charge in [0.1, 0.15) is 0 Å². The monoisotopic (exact) mass is 231 g/mol. The molecule has 1 heterocycles. The zero-order chi connectivity index (χ0) is 12.3. The number of carbonyl (C=O) groups is 1. The molecule has 1 amide bonds. The molecule has 0 saturated heterocycles. The van der Waals surface area contributed by atoms with Gasteiger partial charge >= 0.3 is 0 Å². The lowest BCUT2D eigenvalue weighted by Gasteiger charge is -2.14. The number of fused-ring (bicyclic) bond motifs is 1. The maximum absolute atomic E-state index is 12.0. The number of amides is 1. The predicted octanol–water partition coefficient (Wildman–Crippen LogP) is 1.63. The van der Waals surface area contributed by atoms with Gasteiger partial charge in [0, 0.05) is 35.2 Å². The largest absolute Gasteiger partial charge is 0.361 e. The smallest absolute Gasteiger partial charge is 0.251 e. The summed E-state index contributed by atoms with van der Waals surface area (Å²) in [5, 5.41) is 3.96. The second-order valence-electron chi connectivity index (χ2n) is 4.09. The van der Waals surface area contributed by atoms with E-state index < -0.39 is 0 Å². The summed E-state index contributed by atoms with van der Waals surface area (Å²) in [4.78, 5) is 15.1. The number of nitrogens with one attached hydrogen (secondary N) is 2. The van der Waals surface area contributed by atoms with Crippen LogP contribution >= 0.6 is 0 Å². The number of benzene rings is 1. The predicted molar refractivity (Wildman–Crippen MR) is 68.9 cm³/mol. The Labute approximate surface area is 100 Å². The molecule has 0 bridgehead atoms. The summed E-state index contributed by atoms with van der Waals surface area (Å²) in [6.45, 7) is 2.47. The van der Waals surface area contributed by atoms with Crippen LogP contribution < -0.4 is 11.1 Å². The van der Waals surface area contributed by atoms with Crippen molar-refractivity contribution in [2.45, 2.75) is 19.4 Å². The third-order valence-electron chi connectivity index (χ3n) is 2.93. The molecule has 4 heteroatoms. The molecule has 0 radical (unpaired) electrons. The van der Waals surface area contributed by atoms with Gasteiger partial charge in [-0.25, -0.2) is 0 Å². The SMILES string of the molecule is CCC(CN)NC(=O)c1ccc2[nH]ccc2c1. The van der Waals surface area contributed by atoms with E-state index in [0.29, 0.717) is 12.1 Å². The van der Waals surface area contributed by atoms with Crippen LogP contribution in [-0.2, 0) is 0 Å². The van der Waals surface area contributed by atoms with Crippen molar-refractivity contribution in [3.8, 4) is 0 Å². The number of nitrogens with two attached hydrogens (primary N) is 1. The van der Waals surface area contributed by atoms with E-state index in [0.717, 1.165) is 17.3 Å². The van der Waals surface area contributed by atoms with Crippen molar-refractivity contribution in [1.82, 2.24) is 10.3 Å². The van der Waals surface area contributed by atoms with E-state index in [1.54, 1.807) is 0 Å². The highest BCUT2D eigenvalue weighted by atomic mass is 16.1. The van der Waals surface area contributed by atoms with E-state index in [4.69, 9.17) is 5.73 Å². The highest BCUT2D eigenvalue weighted by Crippen LogP contribution is 2.14. The van der Waals surface area contributed by atoms with Crippen molar-refractivity contribution in [3.63, 3.8) is 0 Å². The molecule has 0 spiro atoms. The number of aromatic nitrogens is 1. The third-order valence-corrected chi connectivity index (χ3v) is 2.93. The second kappa shape index (κ2) is 5.01. The van der Waals surface area contributed by atoms with Gasteiger partial charge in [-0.2, -0.15) is 0 Å². The standard InChI is InChI=1S/C13H17N3O/c1-2-11(8-14)16-13(17)10-3-4-12-9(7-10)5-6-15-12/h3-7,11,15H,2,8,14H2,1H3,(H,16,17). The van der Waals surface area contributed by atoms with Crippen LogP contribution in [0.2, 0.25) is 0 Å². The van der Waals surface area contributed by atoms with Crippen LogP contribution in [-0.4, -0.2) is 23.5 Å². The molecule has 1 atom stereocenters. The molecule has 4 N–H and O–H groups in total. The molecule has 4 nitrogen and oxygen atoms in total. The lowest BCUT2D eigenvalue weighted by molar-refractivity contribution is 0.0937. The number of hydrogen-bond donors (Lipinski definition) is 3. The van der Waals surface area contributed by atoms with Crippen molar-refractivity contribution < 1.29 is 4.79 Å². The first-order valence-electron chi connectivity index (χ1n) is 5.82. The average molecular weight is 231 g/mol. The molecule has 0 aliphatic heterocycles. The van der Waals surface area contributed by atoms with E-state index >= 15 is 0 Å². The molecule has 17 heavy (non-hydrogen) atoms. The van der Waals surface area contributed by atoms with Crippen molar-refractivity contribution in [2.24, 2.45) is 5.73 Å². The molecule has 90 valence electrons. The number of rotatable bonds is 4. The first-order valence-corrected chi connectivity index (χ1v) is 5.82. The molecular weight excluding hydrogens is 214 g/mol. The zero-order valence-corrected chi connectivity index (χ0v) is 9.86. The Morgan fingerprint density at radius 3 is 3.00 bits per heavy atom. The van der Waals surface area contributed by atoms with Gasteiger partial charge in [-0.1, -0.05) is 6.92 Å². The van der Waals surface area contributed by atoms with E-state index in [1.807, 2.05) is 37.4 Å². The Balaban J connectivity index is 2.18. The molecule has 2 aromatic rings. The minimum absolute atomic E-state index is 0.0458. The Morgan fingerprint density at radius 2 is 2.29 bits per heavy atom. The first kappa shape index (κ1) is 11.7. The highest BCUT2D eigenvalue weighted by Gasteiger charge is 2.11. The van der Waals surface area contributed by atoms with Gasteiger partial charge in [-0.15, -0.1) is 0 Å². The topological polar surface area (TPSA) is 70.9 Å². The van der Waals surface area contributed by atoms with Crippen molar-refractivity contribution in [1.29, 1.82) is 0 Å². The van der Waals surface area contributed by atoms with E-state index in [2.05, 4.69) is 10.3 Å². The Kier molecular flexibility index (Phi) is 3.44. The highest BCUT2D eigenvalue weighted by molar-refractivity contribution is 5.98. The number of aromatic amines is 1. The van der Waals surface area contributed by atoms with Gasteiger partial charge in [0.05, 0.1) is 0 Å². The van der Waals surface area contributed by atoms with Crippen LogP contribution in [0, 0.1) is 0 Å². The molecule has 2 rings (SSSR count). The molecule has 0 saturated carbocycles. The fourth-order valence-electron chi connectivity index (χ4n) is 1.79. The minimum Gasteiger partial charge on any atom is -0.361 e. The summed E-state index contributed by atoms with van der Waals surface area (Å²) in [5.74, 6) is -0.0644. The van der Waals surface area contributed by atoms with E-state index in [1.165, 1.54) is 0 Å². The van der Waals surface area contributed by atoms with Gasteiger partial charge in [-0.05, 0) is 30.7 Å². The third kappa shape index (κ3) is 2.47. The van der Waals surface area contributed by atoms with Gasteiger partial charge < -0.3 is 16.0 Å². The van der Waals surface area contributed by atoms with Crippen LogP contribution in [0.3, 0.4) is 0 Å². The van der Waals surface area contributed by atoms with Crippen LogP contribution in [0.4, 0.5) is 0 Å². The number of carbonyl (C=O) groups excluding carboxylic acids is 1. The zero-order valence-electron chi connectivity index (χ0n) is 9.86. The summed E-state index contributed by atoms with van der Waals surface area (Å²) in [7, 11) is 0. The molecule has 0 fully saturated rings. The maximum Gasteiger partial charge on any atom is 0.251 e. The fraction of sp³-hybridized carbons (Fsp3) is 0.308. The fourth-order valence-corrected chi connectivity index (χ4v) is 1.79. The Hall–Kier alpha value is -1.81. The minimum atomic E-state index is -0.0644. The Morgan fingerprint density at radius 1 is 1.47 bits per heavy atom. The summed E-state index contributed by atoms with van der Waals surface area (Å²) >= 11 is 0. The van der Waals surface area contributed by atoms with Gasteiger partial charge in [0.2, 0.25) is 0 Å². The van der Waals surface area contributed by atoms with Gasteiger partial charge in [0.15, 0.2) is 0 Å². The molecular formula is C13H17N3O.